The first kappa shape index (κ1) is 32.2. The highest BCUT2D eigenvalue weighted by Crippen LogP contribution is 2.32. The van der Waals surface area contributed by atoms with Gasteiger partial charge in [0.2, 0.25) is 0 Å². The molecular formula is C30H38FN7O6S. The summed E-state index contributed by atoms with van der Waals surface area (Å²) in [4.78, 5) is 34.3. The molecule has 2 amide bonds. The zero-order chi connectivity index (χ0) is 32.7. The van der Waals surface area contributed by atoms with E-state index in [0.717, 1.165) is 36.2 Å². The van der Waals surface area contributed by atoms with Crippen LogP contribution in [0.4, 0.5) is 20.6 Å². The Bertz CT molecular complexity index is 1860. The number of carbonyl (C=O) groups excluding carboxylic acids is 2. The molecule has 0 saturated carbocycles. The number of halogens is 1. The van der Waals surface area contributed by atoms with Crippen LogP contribution in [0.5, 0.6) is 0 Å². The minimum atomic E-state index is -3.70. The molecule has 4 aromatic rings. The van der Waals surface area contributed by atoms with Crippen LogP contribution < -0.4 is 10.2 Å². The van der Waals surface area contributed by atoms with Gasteiger partial charge in [0.25, 0.3) is 16.0 Å². The maximum absolute atomic E-state index is 14.9. The van der Waals surface area contributed by atoms with Crippen LogP contribution in [-0.2, 0) is 32.7 Å². The number of anilines is 2. The summed E-state index contributed by atoms with van der Waals surface area (Å²) in [6, 6.07) is 4.80. The van der Waals surface area contributed by atoms with Gasteiger partial charge in [-0.25, -0.2) is 14.2 Å². The van der Waals surface area contributed by atoms with Crippen LogP contribution in [0.25, 0.3) is 16.6 Å². The fraction of sp³-hybridized carbons (Fsp3) is 0.467. The number of ether oxygens (including phenoxy) is 1. The van der Waals surface area contributed by atoms with E-state index < -0.39 is 27.4 Å². The average molecular weight is 644 g/mol. The summed E-state index contributed by atoms with van der Waals surface area (Å²) in [6.45, 7) is 9.17. The molecule has 1 N–H and O–H groups in total. The number of aromatic nitrogens is 4. The molecule has 1 aliphatic heterocycles. The fourth-order valence-corrected chi connectivity index (χ4v) is 5.89. The Morgan fingerprint density at radius 1 is 1.16 bits per heavy atom. The zero-order valence-electron chi connectivity index (χ0n) is 26.2. The number of hydrogen-bond acceptors (Lipinski definition) is 9. The summed E-state index contributed by atoms with van der Waals surface area (Å²) in [5, 5.41) is 8.11. The Hall–Kier alpha value is -4.24. The second-order valence-electron chi connectivity index (χ2n) is 12.1. The van der Waals surface area contributed by atoms with Crippen LogP contribution in [0.1, 0.15) is 56.6 Å². The minimum Gasteiger partial charge on any atom is -0.444 e. The third kappa shape index (κ3) is 7.36. The number of hydrogen-bond donors (Lipinski definition) is 1. The van der Waals surface area contributed by atoms with E-state index in [1.54, 1.807) is 22.7 Å². The van der Waals surface area contributed by atoms with E-state index in [2.05, 4.69) is 20.3 Å². The van der Waals surface area contributed by atoms with Gasteiger partial charge in [0.1, 0.15) is 17.7 Å². The number of amides is 2. The highest BCUT2D eigenvalue weighted by molar-refractivity contribution is 7.85. The lowest BCUT2D eigenvalue weighted by molar-refractivity contribution is 0.0149. The Labute approximate surface area is 261 Å². The third-order valence-electron chi connectivity index (χ3n) is 7.46. The van der Waals surface area contributed by atoms with Gasteiger partial charge in [-0.1, -0.05) is 0 Å². The van der Waals surface area contributed by atoms with Crippen molar-refractivity contribution in [3.05, 3.63) is 53.9 Å². The van der Waals surface area contributed by atoms with Crippen molar-refractivity contribution < 1.29 is 31.3 Å². The number of benzene rings is 1. The summed E-state index contributed by atoms with van der Waals surface area (Å²) in [6.07, 6.45) is 6.92. The lowest BCUT2D eigenvalue weighted by Crippen LogP contribution is -2.48. The molecule has 0 unspecified atom stereocenters. The first-order valence-corrected chi connectivity index (χ1v) is 16.5. The topological polar surface area (TPSA) is 140 Å². The van der Waals surface area contributed by atoms with Crippen LogP contribution in [0.3, 0.4) is 0 Å². The Morgan fingerprint density at radius 2 is 1.87 bits per heavy atom. The summed E-state index contributed by atoms with van der Waals surface area (Å²) in [5.41, 5.74) is 1.55. The summed E-state index contributed by atoms with van der Waals surface area (Å²) < 4.78 is 50.9. The second-order valence-corrected chi connectivity index (χ2v) is 13.8. The van der Waals surface area contributed by atoms with Crippen molar-refractivity contribution in [3.63, 3.8) is 0 Å². The summed E-state index contributed by atoms with van der Waals surface area (Å²) >= 11 is 0. The van der Waals surface area contributed by atoms with E-state index >= 15 is 0 Å². The molecule has 1 aromatic carbocycles. The molecule has 0 radical (unpaired) electrons. The molecule has 242 valence electrons. The van der Waals surface area contributed by atoms with E-state index in [1.807, 2.05) is 40.0 Å². The normalized spacial score (nSPS) is 14.7. The van der Waals surface area contributed by atoms with Crippen molar-refractivity contribution >= 4 is 50.0 Å². The Kier molecular flexibility index (Phi) is 8.77. The van der Waals surface area contributed by atoms with Crippen molar-refractivity contribution in [2.75, 3.05) is 36.1 Å². The molecule has 0 atom stereocenters. The van der Waals surface area contributed by atoms with Gasteiger partial charge in [0.05, 0.1) is 23.2 Å². The van der Waals surface area contributed by atoms with Crippen molar-refractivity contribution in [2.24, 2.45) is 7.05 Å². The van der Waals surface area contributed by atoms with E-state index in [-0.39, 0.29) is 35.8 Å². The van der Waals surface area contributed by atoms with Gasteiger partial charge in [-0.15, -0.1) is 0 Å². The van der Waals surface area contributed by atoms with Crippen LogP contribution in [0, 0.1) is 5.82 Å². The quantitative estimate of drug-likeness (QED) is 0.278. The number of nitrogens with one attached hydrogen (secondary N) is 1. The summed E-state index contributed by atoms with van der Waals surface area (Å²) in [7, 11) is -1.91. The molecule has 1 aliphatic rings. The van der Waals surface area contributed by atoms with E-state index in [4.69, 9.17) is 8.92 Å². The van der Waals surface area contributed by atoms with Crippen molar-refractivity contribution in [3.8, 4) is 0 Å². The van der Waals surface area contributed by atoms with Gasteiger partial charge in [0.15, 0.2) is 11.5 Å². The molecule has 13 nitrogen and oxygen atoms in total. The molecule has 4 heterocycles. The van der Waals surface area contributed by atoms with Gasteiger partial charge < -0.3 is 24.3 Å². The van der Waals surface area contributed by atoms with Gasteiger partial charge in [0, 0.05) is 68.5 Å². The SMILES string of the molecule is CCN(C(=O)OC(C)(C)C)C1CCN(c2ccc(C(=O)Nc3cc(F)c4nc(COS(C)(=O)=O)cn4c3)c3nn(C)cc23)CC1. The number of rotatable bonds is 8. The fourth-order valence-electron chi connectivity index (χ4n) is 5.55. The Morgan fingerprint density at radius 3 is 2.51 bits per heavy atom. The van der Waals surface area contributed by atoms with Crippen molar-refractivity contribution in [2.45, 2.75) is 58.8 Å². The first-order valence-electron chi connectivity index (χ1n) is 14.7. The van der Waals surface area contributed by atoms with Gasteiger partial charge in [-0.3, -0.25) is 13.7 Å². The molecule has 3 aromatic heterocycles. The number of pyridine rings is 1. The summed E-state index contributed by atoms with van der Waals surface area (Å²) in [5.74, 6) is -1.17. The van der Waals surface area contributed by atoms with E-state index in [1.165, 1.54) is 16.8 Å². The van der Waals surface area contributed by atoms with E-state index in [9.17, 15) is 22.4 Å². The number of imidazole rings is 1. The smallest absolute Gasteiger partial charge is 0.410 e. The first-order chi connectivity index (χ1) is 21.1. The molecule has 0 spiro atoms. The predicted molar refractivity (Wildman–Crippen MR) is 167 cm³/mol. The number of nitrogens with zero attached hydrogens (tertiary/aromatic N) is 6. The predicted octanol–water partition coefficient (Wildman–Crippen LogP) is 4.31. The molecule has 1 saturated heterocycles. The average Bonchev–Trinajstić information content (AvgIpc) is 3.54. The number of piperidine rings is 1. The molecular weight excluding hydrogens is 605 g/mol. The third-order valence-corrected chi connectivity index (χ3v) is 8.01. The lowest BCUT2D eigenvalue weighted by Gasteiger charge is -2.39. The van der Waals surface area contributed by atoms with Gasteiger partial charge >= 0.3 is 6.09 Å². The van der Waals surface area contributed by atoms with Crippen LogP contribution in [0.15, 0.2) is 36.8 Å². The largest absolute Gasteiger partial charge is 0.444 e. The number of carbonyl (C=O) groups is 2. The molecule has 5 rings (SSSR count). The van der Waals surface area contributed by atoms with Crippen LogP contribution in [0.2, 0.25) is 0 Å². The molecule has 1 fully saturated rings. The van der Waals surface area contributed by atoms with Crippen molar-refractivity contribution in [1.29, 1.82) is 0 Å². The molecule has 15 heteroatoms. The Balaban J connectivity index is 1.33. The molecule has 45 heavy (non-hydrogen) atoms. The minimum absolute atomic E-state index is 0.0338. The lowest BCUT2D eigenvalue weighted by atomic mass is 10.0. The molecule has 0 aliphatic carbocycles. The number of aryl methyl sites for hydroxylation is 1. The maximum Gasteiger partial charge on any atom is 0.410 e. The highest BCUT2D eigenvalue weighted by Gasteiger charge is 2.31. The van der Waals surface area contributed by atoms with E-state index in [0.29, 0.717) is 30.7 Å². The maximum atomic E-state index is 14.9. The van der Waals surface area contributed by atoms with Crippen molar-refractivity contribution in [1.82, 2.24) is 24.1 Å². The molecule has 0 bridgehead atoms. The van der Waals surface area contributed by atoms with Gasteiger partial charge in [-0.05, 0) is 52.7 Å². The highest BCUT2D eigenvalue weighted by atomic mass is 32.2. The zero-order valence-corrected chi connectivity index (χ0v) is 27.0. The van der Waals surface area contributed by atoms with Crippen LogP contribution in [-0.4, -0.2) is 82.0 Å². The number of fused-ring (bicyclic) bond motifs is 2. The monoisotopic (exact) mass is 643 g/mol. The second kappa shape index (κ2) is 12.3. The standard InChI is InChI=1S/C30H38FN7O6S/c1-7-38(29(40)44-30(2,3)4)21-10-12-36(13-11-21)25-9-8-22(26-23(25)17-35(5)34-26)28(39)33-19-14-24(31)27-32-20(16-37(27)15-19)18-43-45(6,41)42/h8-9,14-17,21H,7,10-13,18H2,1-6H3,(H,33,39). The van der Waals surface area contributed by atoms with Crippen LogP contribution >= 0.6 is 0 Å². The van der Waals surface area contributed by atoms with Gasteiger partial charge in [-0.2, -0.15) is 13.5 Å².